The summed E-state index contributed by atoms with van der Waals surface area (Å²) in [4.78, 5) is 31.1. The van der Waals surface area contributed by atoms with Crippen LogP contribution >= 0.6 is 0 Å². The van der Waals surface area contributed by atoms with Crippen LogP contribution in [0.15, 0.2) is 55.1 Å². The maximum atomic E-state index is 13.0. The Morgan fingerprint density at radius 1 is 1.05 bits per heavy atom. The zero-order valence-electron chi connectivity index (χ0n) is 23.5. The molecule has 9 nitrogen and oxygen atoms in total. The first-order valence-electron chi connectivity index (χ1n) is 14.4. The number of carboxylic acid groups (broad SMARTS) is 1. The molecule has 2 aliphatic rings. The zero-order valence-corrected chi connectivity index (χ0v) is 23.5. The summed E-state index contributed by atoms with van der Waals surface area (Å²) in [5.41, 5.74) is 0.670. The second-order valence-corrected chi connectivity index (χ2v) is 11.5. The minimum absolute atomic E-state index is 0.140. The van der Waals surface area contributed by atoms with Crippen LogP contribution in [-0.2, 0) is 24.3 Å². The minimum atomic E-state index is -0.766. The van der Waals surface area contributed by atoms with E-state index in [0.29, 0.717) is 25.6 Å². The van der Waals surface area contributed by atoms with Crippen molar-refractivity contribution in [1.29, 1.82) is 0 Å². The first-order valence-corrected chi connectivity index (χ1v) is 14.4. The molecular formula is C30H43N7O2. The summed E-state index contributed by atoms with van der Waals surface area (Å²) in [6.45, 7) is 9.82. The average molecular weight is 534 g/mol. The molecule has 0 amide bonds. The van der Waals surface area contributed by atoms with Gasteiger partial charge < -0.3 is 20.0 Å². The van der Waals surface area contributed by atoms with Crippen molar-refractivity contribution >= 4 is 5.97 Å². The van der Waals surface area contributed by atoms with Gasteiger partial charge >= 0.3 is 5.97 Å². The predicted molar refractivity (Wildman–Crippen MR) is 150 cm³/mol. The van der Waals surface area contributed by atoms with Gasteiger partial charge in [-0.1, -0.05) is 44.2 Å². The fourth-order valence-electron chi connectivity index (χ4n) is 7.41. The van der Waals surface area contributed by atoms with E-state index in [1.54, 1.807) is 12.4 Å². The number of carboxylic acids is 1. The van der Waals surface area contributed by atoms with Crippen LogP contribution < -0.4 is 0 Å². The molecule has 1 spiro atoms. The number of hydrogen-bond acceptors (Lipinski definition) is 6. The summed E-state index contributed by atoms with van der Waals surface area (Å²) >= 11 is 0. The predicted octanol–water partition coefficient (Wildman–Crippen LogP) is 4.48. The monoisotopic (exact) mass is 533 g/mol. The minimum Gasteiger partial charge on any atom is -0.480 e. The highest BCUT2D eigenvalue weighted by molar-refractivity contribution is 5.74. The Morgan fingerprint density at radius 3 is 2.13 bits per heavy atom. The molecule has 0 aliphatic carbocycles. The van der Waals surface area contributed by atoms with Gasteiger partial charge in [0, 0.05) is 36.4 Å². The molecular weight excluding hydrogens is 490 g/mol. The second-order valence-electron chi connectivity index (χ2n) is 11.5. The van der Waals surface area contributed by atoms with Crippen molar-refractivity contribution in [3.8, 4) is 0 Å². The number of imidazole rings is 2. The molecule has 9 heteroatoms. The Bertz CT molecular complexity index is 1140. The van der Waals surface area contributed by atoms with Crippen molar-refractivity contribution in [2.24, 2.45) is 5.41 Å². The van der Waals surface area contributed by atoms with Gasteiger partial charge in [-0.25, -0.2) is 20.0 Å². The van der Waals surface area contributed by atoms with Crippen LogP contribution in [-0.4, -0.2) is 76.6 Å². The Hall–Kier alpha value is -3.01. The average Bonchev–Trinajstić information content (AvgIpc) is 3.68. The van der Waals surface area contributed by atoms with E-state index in [1.165, 1.54) is 5.56 Å². The molecule has 3 aromatic rings. The summed E-state index contributed by atoms with van der Waals surface area (Å²) in [7, 11) is 0. The van der Waals surface area contributed by atoms with Crippen LogP contribution in [0.1, 0.15) is 70.1 Å². The van der Waals surface area contributed by atoms with Gasteiger partial charge in [-0.3, -0.25) is 4.79 Å². The number of benzene rings is 1. The molecule has 0 radical (unpaired) electrons. The molecule has 5 rings (SSSR count). The number of hydrazine groups is 1. The first-order chi connectivity index (χ1) is 18.9. The fraction of sp³-hybridized carbons (Fsp3) is 0.567. The number of piperidine rings is 1. The molecule has 2 saturated heterocycles. The maximum Gasteiger partial charge on any atom is 0.322 e. The molecule has 210 valence electrons. The van der Waals surface area contributed by atoms with Gasteiger partial charge in [0.05, 0.1) is 13.1 Å². The van der Waals surface area contributed by atoms with Crippen LogP contribution in [0, 0.1) is 5.41 Å². The zero-order chi connectivity index (χ0) is 27.5. The number of rotatable bonds is 11. The highest BCUT2D eigenvalue weighted by Crippen LogP contribution is 2.57. The number of aromatic amines is 2. The third kappa shape index (κ3) is 5.40. The first kappa shape index (κ1) is 27.6. The summed E-state index contributed by atoms with van der Waals surface area (Å²) in [5.74, 6) is 0.840. The molecule has 4 heterocycles. The summed E-state index contributed by atoms with van der Waals surface area (Å²) < 4.78 is 0. The number of nitrogens with zero attached hydrogens (tertiary/aromatic N) is 5. The third-order valence-corrected chi connectivity index (χ3v) is 9.50. The summed E-state index contributed by atoms with van der Waals surface area (Å²) in [5, 5.41) is 15.1. The number of aliphatic carboxylic acids is 1. The van der Waals surface area contributed by atoms with E-state index in [9.17, 15) is 9.90 Å². The lowest BCUT2D eigenvalue weighted by molar-refractivity contribution is -0.171. The van der Waals surface area contributed by atoms with Gasteiger partial charge in [0.1, 0.15) is 17.7 Å². The lowest BCUT2D eigenvalue weighted by Crippen LogP contribution is -2.63. The van der Waals surface area contributed by atoms with Gasteiger partial charge in [-0.2, -0.15) is 0 Å². The molecule has 2 atom stereocenters. The Morgan fingerprint density at radius 2 is 1.64 bits per heavy atom. The van der Waals surface area contributed by atoms with E-state index in [1.807, 2.05) is 18.5 Å². The largest absolute Gasteiger partial charge is 0.480 e. The van der Waals surface area contributed by atoms with E-state index in [0.717, 1.165) is 56.8 Å². The number of carbonyl (C=O) groups is 1. The van der Waals surface area contributed by atoms with E-state index < -0.39 is 17.6 Å². The molecule has 0 saturated carbocycles. The van der Waals surface area contributed by atoms with Crippen molar-refractivity contribution in [2.45, 2.75) is 90.0 Å². The fourth-order valence-corrected chi connectivity index (χ4v) is 7.41. The molecule has 2 unspecified atom stereocenters. The van der Waals surface area contributed by atoms with Gasteiger partial charge in [-0.05, 0) is 69.5 Å². The highest BCUT2D eigenvalue weighted by Gasteiger charge is 2.63. The quantitative estimate of drug-likeness (QED) is 0.334. The van der Waals surface area contributed by atoms with Gasteiger partial charge in [0.2, 0.25) is 0 Å². The lowest BCUT2D eigenvalue weighted by Gasteiger charge is -2.54. The van der Waals surface area contributed by atoms with E-state index in [2.05, 4.69) is 79.9 Å². The topological polar surface area (TPSA) is 104 Å². The Kier molecular flexibility index (Phi) is 8.21. The van der Waals surface area contributed by atoms with Crippen LogP contribution in [0.4, 0.5) is 0 Å². The molecule has 1 aromatic carbocycles. The van der Waals surface area contributed by atoms with Crippen molar-refractivity contribution in [2.75, 3.05) is 13.1 Å². The SMILES string of the molecule is CCC(CC)N1CCC2(CC1)CC(C(=O)O)N(N(Cc1ncc[nH]1)Cc1ncc[nH]1)C2(C)Cc1ccccc1. The highest BCUT2D eigenvalue weighted by atomic mass is 16.4. The van der Waals surface area contributed by atoms with Crippen molar-refractivity contribution < 1.29 is 9.90 Å². The van der Waals surface area contributed by atoms with Crippen LogP contribution in [0.3, 0.4) is 0 Å². The molecule has 2 fully saturated rings. The smallest absolute Gasteiger partial charge is 0.322 e. The summed E-state index contributed by atoms with van der Waals surface area (Å²) in [6, 6.07) is 10.5. The standard InChI is InChI=1S/C30H43N7O2/c1-4-24(5-2)35-17-11-30(12-18-35)20-25(28(38)39)37(29(30,3)19-23-9-7-6-8-10-23)36(21-26-31-13-14-32-26)22-27-33-15-16-34-27/h6-10,13-16,24-25H,4-5,11-12,17-22H2,1-3H3,(H,31,32)(H,33,34)(H,38,39). The number of aromatic nitrogens is 4. The molecule has 2 aliphatic heterocycles. The lowest BCUT2D eigenvalue weighted by atomic mass is 9.62. The van der Waals surface area contributed by atoms with Gasteiger partial charge in [0.15, 0.2) is 0 Å². The normalized spacial score (nSPS) is 23.8. The number of likely N-dealkylation sites (tertiary alicyclic amines) is 1. The summed E-state index contributed by atoms with van der Waals surface area (Å²) in [6.07, 6.45) is 12.8. The van der Waals surface area contributed by atoms with E-state index in [4.69, 9.17) is 0 Å². The second kappa shape index (κ2) is 11.6. The van der Waals surface area contributed by atoms with Crippen LogP contribution in [0.5, 0.6) is 0 Å². The van der Waals surface area contributed by atoms with Crippen molar-refractivity contribution in [1.82, 2.24) is 34.9 Å². The van der Waals surface area contributed by atoms with Crippen molar-refractivity contribution in [3.63, 3.8) is 0 Å². The molecule has 0 bridgehead atoms. The number of H-pyrrole nitrogens is 2. The Labute approximate surface area is 231 Å². The molecule has 3 N–H and O–H groups in total. The van der Waals surface area contributed by atoms with Crippen LogP contribution in [0.2, 0.25) is 0 Å². The van der Waals surface area contributed by atoms with Crippen molar-refractivity contribution in [3.05, 3.63) is 72.3 Å². The van der Waals surface area contributed by atoms with E-state index >= 15 is 0 Å². The van der Waals surface area contributed by atoms with Gasteiger partial charge in [0.25, 0.3) is 0 Å². The number of nitrogens with one attached hydrogen (secondary N) is 2. The maximum absolute atomic E-state index is 13.0. The van der Waals surface area contributed by atoms with Crippen LogP contribution in [0.25, 0.3) is 0 Å². The Balaban J connectivity index is 1.57. The third-order valence-electron chi connectivity index (χ3n) is 9.50. The van der Waals surface area contributed by atoms with Gasteiger partial charge in [-0.15, -0.1) is 0 Å². The molecule has 39 heavy (non-hydrogen) atoms. The number of hydrogen-bond donors (Lipinski definition) is 3. The molecule has 2 aromatic heterocycles. The van der Waals surface area contributed by atoms with E-state index in [-0.39, 0.29) is 5.41 Å².